The zero-order valence-corrected chi connectivity index (χ0v) is 7.76. The van der Waals surface area contributed by atoms with Gasteiger partial charge in [-0.1, -0.05) is 6.07 Å². The first-order valence-electron chi connectivity index (χ1n) is 4.70. The van der Waals surface area contributed by atoms with Crippen LogP contribution in [0.3, 0.4) is 0 Å². The van der Waals surface area contributed by atoms with E-state index in [-0.39, 0.29) is 17.6 Å². The summed E-state index contributed by atoms with van der Waals surface area (Å²) in [5.41, 5.74) is 0.606. The molecule has 3 nitrogen and oxygen atoms in total. The SMILES string of the molecule is Oc1ccc([C@H]2CNCCN2)c(F)c1. The second-order valence-electron chi connectivity index (χ2n) is 3.42. The van der Waals surface area contributed by atoms with Crippen LogP contribution in [0.2, 0.25) is 0 Å². The lowest BCUT2D eigenvalue weighted by Crippen LogP contribution is -2.42. The van der Waals surface area contributed by atoms with E-state index in [1.807, 2.05) is 0 Å². The molecule has 0 spiro atoms. The summed E-state index contributed by atoms with van der Waals surface area (Å²) in [6.45, 7) is 2.48. The third-order valence-corrected chi connectivity index (χ3v) is 2.40. The van der Waals surface area contributed by atoms with Gasteiger partial charge in [-0.05, 0) is 6.07 Å². The smallest absolute Gasteiger partial charge is 0.131 e. The number of phenolic OH excluding ortho intramolecular Hbond substituents is 1. The zero-order valence-electron chi connectivity index (χ0n) is 7.76. The Kier molecular flexibility index (Phi) is 2.65. The molecule has 3 N–H and O–H groups in total. The fraction of sp³-hybridized carbons (Fsp3) is 0.400. The van der Waals surface area contributed by atoms with E-state index in [1.54, 1.807) is 6.07 Å². The highest BCUT2D eigenvalue weighted by atomic mass is 19.1. The van der Waals surface area contributed by atoms with Crippen molar-refractivity contribution in [1.29, 1.82) is 0 Å². The standard InChI is InChI=1S/C10H13FN2O/c11-9-5-7(14)1-2-8(9)10-6-12-3-4-13-10/h1-2,5,10,12-14H,3-4,6H2/t10-/m1/s1. The maximum Gasteiger partial charge on any atom is 0.131 e. The summed E-state index contributed by atoms with van der Waals surface area (Å²) in [5, 5.41) is 15.5. The normalized spacial score (nSPS) is 22.2. The van der Waals surface area contributed by atoms with Crippen molar-refractivity contribution in [1.82, 2.24) is 10.6 Å². The van der Waals surface area contributed by atoms with Gasteiger partial charge in [-0.3, -0.25) is 0 Å². The lowest BCUT2D eigenvalue weighted by Gasteiger charge is -2.25. The van der Waals surface area contributed by atoms with Gasteiger partial charge in [0.15, 0.2) is 0 Å². The second-order valence-corrected chi connectivity index (χ2v) is 3.42. The molecule has 1 saturated heterocycles. The predicted octanol–water partition coefficient (Wildman–Crippen LogP) is 0.765. The molecule has 14 heavy (non-hydrogen) atoms. The summed E-state index contributed by atoms with van der Waals surface area (Å²) in [4.78, 5) is 0. The van der Waals surface area contributed by atoms with Gasteiger partial charge in [0.05, 0.1) is 0 Å². The van der Waals surface area contributed by atoms with E-state index in [0.29, 0.717) is 5.56 Å². The Morgan fingerprint density at radius 2 is 2.21 bits per heavy atom. The number of benzene rings is 1. The first kappa shape index (κ1) is 9.43. The average Bonchev–Trinajstić information content (AvgIpc) is 2.19. The van der Waals surface area contributed by atoms with Crippen molar-refractivity contribution >= 4 is 0 Å². The highest BCUT2D eigenvalue weighted by Crippen LogP contribution is 2.21. The third-order valence-electron chi connectivity index (χ3n) is 2.40. The number of hydrogen-bond donors (Lipinski definition) is 3. The number of nitrogens with one attached hydrogen (secondary N) is 2. The second kappa shape index (κ2) is 3.94. The molecular formula is C10H13FN2O. The molecule has 2 rings (SSSR count). The predicted molar refractivity (Wildman–Crippen MR) is 51.7 cm³/mol. The first-order valence-corrected chi connectivity index (χ1v) is 4.70. The van der Waals surface area contributed by atoms with Gasteiger partial charge < -0.3 is 15.7 Å². The van der Waals surface area contributed by atoms with E-state index in [4.69, 9.17) is 5.11 Å². The van der Waals surface area contributed by atoms with Crippen LogP contribution in [0.25, 0.3) is 0 Å². The minimum atomic E-state index is -0.355. The first-order chi connectivity index (χ1) is 6.77. The van der Waals surface area contributed by atoms with Gasteiger partial charge in [0, 0.05) is 37.3 Å². The van der Waals surface area contributed by atoms with Gasteiger partial charge in [0.25, 0.3) is 0 Å². The Labute approximate surface area is 81.9 Å². The number of piperazine rings is 1. The van der Waals surface area contributed by atoms with E-state index < -0.39 is 0 Å². The van der Waals surface area contributed by atoms with E-state index >= 15 is 0 Å². The third kappa shape index (κ3) is 1.86. The van der Waals surface area contributed by atoms with Crippen LogP contribution in [-0.2, 0) is 0 Å². The van der Waals surface area contributed by atoms with Crippen molar-refractivity contribution in [2.45, 2.75) is 6.04 Å². The molecule has 0 unspecified atom stereocenters. The number of aromatic hydroxyl groups is 1. The van der Waals surface area contributed by atoms with Crippen LogP contribution in [0.15, 0.2) is 18.2 Å². The van der Waals surface area contributed by atoms with Crippen LogP contribution in [0.5, 0.6) is 5.75 Å². The van der Waals surface area contributed by atoms with Crippen molar-refractivity contribution < 1.29 is 9.50 Å². The number of halogens is 1. The maximum atomic E-state index is 13.4. The van der Waals surface area contributed by atoms with Crippen molar-refractivity contribution in [3.8, 4) is 5.75 Å². The molecule has 0 amide bonds. The molecule has 1 aromatic carbocycles. The summed E-state index contributed by atoms with van der Waals surface area (Å²) in [6, 6.07) is 4.28. The molecule has 1 aliphatic heterocycles. The highest BCUT2D eigenvalue weighted by Gasteiger charge is 2.17. The van der Waals surface area contributed by atoms with E-state index in [1.165, 1.54) is 6.07 Å². The lowest BCUT2D eigenvalue weighted by molar-refractivity contribution is 0.413. The highest BCUT2D eigenvalue weighted by molar-refractivity contribution is 5.30. The Bertz CT molecular complexity index is 324. The van der Waals surface area contributed by atoms with E-state index in [2.05, 4.69) is 10.6 Å². The van der Waals surface area contributed by atoms with Crippen LogP contribution < -0.4 is 10.6 Å². The zero-order chi connectivity index (χ0) is 9.97. The quantitative estimate of drug-likeness (QED) is 0.621. The van der Waals surface area contributed by atoms with E-state index in [9.17, 15) is 4.39 Å². The fourth-order valence-corrected chi connectivity index (χ4v) is 1.67. The molecule has 4 heteroatoms. The number of hydrogen-bond acceptors (Lipinski definition) is 3. The summed E-state index contributed by atoms with van der Waals surface area (Å²) in [5.74, 6) is -0.388. The monoisotopic (exact) mass is 196 g/mol. The average molecular weight is 196 g/mol. The minimum absolute atomic E-state index is 0.00403. The van der Waals surface area contributed by atoms with Gasteiger partial charge in [-0.25, -0.2) is 4.39 Å². The van der Waals surface area contributed by atoms with Gasteiger partial charge in [-0.15, -0.1) is 0 Å². The molecule has 0 aromatic heterocycles. The van der Waals surface area contributed by atoms with Crippen LogP contribution in [0.1, 0.15) is 11.6 Å². The molecule has 1 fully saturated rings. The fourth-order valence-electron chi connectivity index (χ4n) is 1.67. The van der Waals surface area contributed by atoms with Crippen LogP contribution in [-0.4, -0.2) is 24.7 Å². The van der Waals surface area contributed by atoms with Gasteiger partial charge >= 0.3 is 0 Å². The van der Waals surface area contributed by atoms with Crippen LogP contribution in [0, 0.1) is 5.82 Å². The Morgan fingerprint density at radius 1 is 1.36 bits per heavy atom. The summed E-state index contributed by atoms with van der Waals surface area (Å²) < 4.78 is 13.4. The molecule has 0 aliphatic carbocycles. The maximum absolute atomic E-state index is 13.4. The molecule has 0 bridgehead atoms. The summed E-state index contributed by atoms with van der Waals surface area (Å²) in [6.07, 6.45) is 0. The van der Waals surface area contributed by atoms with Crippen molar-refractivity contribution in [3.63, 3.8) is 0 Å². The molecule has 0 radical (unpaired) electrons. The van der Waals surface area contributed by atoms with Crippen molar-refractivity contribution in [3.05, 3.63) is 29.6 Å². The number of phenols is 1. The molecule has 1 aromatic rings. The minimum Gasteiger partial charge on any atom is -0.508 e. The van der Waals surface area contributed by atoms with Crippen molar-refractivity contribution in [2.75, 3.05) is 19.6 Å². The summed E-state index contributed by atoms with van der Waals surface area (Å²) in [7, 11) is 0. The molecule has 1 heterocycles. The lowest BCUT2D eigenvalue weighted by atomic mass is 10.0. The van der Waals surface area contributed by atoms with Crippen LogP contribution >= 0.6 is 0 Å². The number of rotatable bonds is 1. The topological polar surface area (TPSA) is 44.3 Å². The van der Waals surface area contributed by atoms with E-state index in [0.717, 1.165) is 25.7 Å². The molecule has 1 aliphatic rings. The van der Waals surface area contributed by atoms with Crippen molar-refractivity contribution in [2.24, 2.45) is 0 Å². The largest absolute Gasteiger partial charge is 0.508 e. The molecular weight excluding hydrogens is 183 g/mol. The Balaban J connectivity index is 2.22. The molecule has 76 valence electrons. The van der Waals surface area contributed by atoms with Crippen LogP contribution in [0.4, 0.5) is 4.39 Å². The molecule has 1 atom stereocenters. The molecule has 0 saturated carbocycles. The van der Waals surface area contributed by atoms with Gasteiger partial charge in [0.1, 0.15) is 11.6 Å². The Morgan fingerprint density at radius 3 is 2.86 bits per heavy atom. The van der Waals surface area contributed by atoms with Gasteiger partial charge in [-0.2, -0.15) is 0 Å². The Hall–Kier alpha value is -1.13. The van der Waals surface area contributed by atoms with Gasteiger partial charge in [0.2, 0.25) is 0 Å². The summed E-state index contributed by atoms with van der Waals surface area (Å²) >= 11 is 0.